The number of sulfonamides is 2. The molecule has 0 saturated carbocycles. The van der Waals surface area contributed by atoms with E-state index in [1.54, 1.807) is 0 Å². The van der Waals surface area contributed by atoms with Crippen LogP contribution in [0.15, 0.2) is 0 Å². The molecule has 12 heteroatoms. The second-order valence-electron chi connectivity index (χ2n) is 11.3. The van der Waals surface area contributed by atoms with Crippen LogP contribution < -0.4 is 20.1 Å². The van der Waals surface area contributed by atoms with Gasteiger partial charge < -0.3 is 10.6 Å². The van der Waals surface area contributed by atoms with Crippen molar-refractivity contribution >= 4 is 31.9 Å². The molecule has 0 unspecified atom stereocenters. The zero-order valence-electron chi connectivity index (χ0n) is 26.7. The van der Waals surface area contributed by atoms with Crippen molar-refractivity contribution in [2.75, 3.05) is 37.7 Å². The van der Waals surface area contributed by atoms with Crippen molar-refractivity contribution in [2.24, 2.45) is 0 Å². The SMILES string of the molecule is CCCCCCCCS(=O)(=O)NCC(=O)NCCCCCCCCCCNC(=O)CNS(=O)(=O)CCCCCCCC. The highest BCUT2D eigenvalue weighted by molar-refractivity contribution is 7.89. The van der Waals surface area contributed by atoms with Gasteiger partial charge in [0.1, 0.15) is 0 Å². The third-order valence-corrected chi connectivity index (χ3v) is 10.0. The van der Waals surface area contributed by atoms with E-state index in [9.17, 15) is 26.4 Å². The molecule has 0 spiro atoms. The van der Waals surface area contributed by atoms with E-state index < -0.39 is 20.0 Å². The van der Waals surface area contributed by atoms with E-state index in [4.69, 9.17) is 0 Å². The molecule has 0 aliphatic rings. The number of rotatable bonds is 31. The van der Waals surface area contributed by atoms with Gasteiger partial charge >= 0.3 is 0 Å². The molecule has 0 fully saturated rings. The molecule has 0 aliphatic carbocycles. The molecule has 0 radical (unpaired) electrons. The van der Waals surface area contributed by atoms with E-state index in [1.165, 1.54) is 12.8 Å². The average molecular weight is 639 g/mol. The van der Waals surface area contributed by atoms with E-state index in [2.05, 4.69) is 33.9 Å². The molecular formula is C30H62N4O6S2. The molecule has 4 N–H and O–H groups in total. The van der Waals surface area contributed by atoms with Gasteiger partial charge in [-0.15, -0.1) is 0 Å². The van der Waals surface area contributed by atoms with E-state index in [0.29, 0.717) is 25.9 Å². The Bertz CT molecular complexity index is 810. The number of nitrogens with one attached hydrogen (secondary N) is 4. The second-order valence-corrected chi connectivity index (χ2v) is 15.2. The topological polar surface area (TPSA) is 151 Å². The quantitative estimate of drug-likeness (QED) is 0.0794. The molecule has 0 aliphatic heterocycles. The van der Waals surface area contributed by atoms with Crippen LogP contribution in [0.2, 0.25) is 0 Å². The van der Waals surface area contributed by atoms with Gasteiger partial charge in [0, 0.05) is 13.1 Å². The fourth-order valence-electron chi connectivity index (χ4n) is 4.53. The standard InChI is InChI=1S/C30H62N4O6S2/c1-3-5-7-9-17-21-25-41(37,38)33-27-29(35)31-23-19-15-13-11-12-14-16-20-24-32-30(36)28-34-42(39,40)26-22-18-10-8-6-4-2/h33-34H,3-28H2,1-2H3,(H,31,35)(H,32,36). The lowest BCUT2D eigenvalue weighted by Gasteiger charge is -2.08. The van der Waals surface area contributed by atoms with Crippen molar-refractivity contribution in [3.63, 3.8) is 0 Å². The number of hydrogen-bond acceptors (Lipinski definition) is 6. The molecule has 0 aromatic rings. The summed E-state index contributed by atoms with van der Waals surface area (Å²) in [6.45, 7) is 4.99. The van der Waals surface area contributed by atoms with Gasteiger partial charge in [0.15, 0.2) is 0 Å². The smallest absolute Gasteiger partial charge is 0.235 e. The summed E-state index contributed by atoms with van der Waals surface area (Å²) < 4.78 is 52.8. The van der Waals surface area contributed by atoms with Gasteiger partial charge in [-0.2, -0.15) is 0 Å². The highest BCUT2D eigenvalue weighted by atomic mass is 32.2. The minimum absolute atomic E-state index is 0.0738. The second kappa shape index (κ2) is 27.3. The van der Waals surface area contributed by atoms with Gasteiger partial charge in [-0.3, -0.25) is 9.59 Å². The molecule has 42 heavy (non-hydrogen) atoms. The van der Waals surface area contributed by atoms with Gasteiger partial charge in [0.25, 0.3) is 0 Å². The first kappa shape index (κ1) is 40.8. The normalized spacial score (nSPS) is 12.0. The summed E-state index contributed by atoms with van der Waals surface area (Å²) in [6, 6.07) is 0. The maximum absolute atomic E-state index is 12.0. The summed E-state index contributed by atoms with van der Waals surface area (Å²) in [5, 5.41) is 5.55. The molecule has 2 amide bonds. The Morgan fingerprint density at radius 2 is 0.714 bits per heavy atom. The first-order valence-electron chi connectivity index (χ1n) is 16.6. The largest absolute Gasteiger partial charge is 0.355 e. The molecule has 10 nitrogen and oxygen atoms in total. The Labute approximate surface area is 257 Å². The molecule has 0 saturated heterocycles. The predicted octanol–water partition coefficient (Wildman–Crippen LogP) is 4.90. The summed E-state index contributed by atoms with van der Waals surface area (Å²) in [5.74, 6) is -0.437. The lowest BCUT2D eigenvalue weighted by atomic mass is 10.1. The van der Waals surface area contributed by atoms with Crippen molar-refractivity contribution in [1.82, 2.24) is 20.1 Å². The minimum Gasteiger partial charge on any atom is -0.355 e. The van der Waals surface area contributed by atoms with Crippen LogP contribution in [0.25, 0.3) is 0 Å². The van der Waals surface area contributed by atoms with E-state index in [1.807, 2.05) is 0 Å². The van der Waals surface area contributed by atoms with Gasteiger partial charge in [-0.25, -0.2) is 26.3 Å². The monoisotopic (exact) mass is 638 g/mol. The van der Waals surface area contributed by atoms with Crippen molar-refractivity contribution < 1.29 is 26.4 Å². The van der Waals surface area contributed by atoms with Crippen molar-refractivity contribution in [1.29, 1.82) is 0 Å². The fourth-order valence-corrected chi connectivity index (χ4v) is 6.69. The van der Waals surface area contributed by atoms with E-state index in [0.717, 1.165) is 103 Å². The van der Waals surface area contributed by atoms with Crippen LogP contribution >= 0.6 is 0 Å². The van der Waals surface area contributed by atoms with Crippen LogP contribution in [0.3, 0.4) is 0 Å². The zero-order valence-corrected chi connectivity index (χ0v) is 28.3. The molecule has 0 aromatic heterocycles. The van der Waals surface area contributed by atoms with Crippen molar-refractivity contribution in [3.05, 3.63) is 0 Å². The zero-order chi connectivity index (χ0) is 31.4. The molecular weight excluding hydrogens is 576 g/mol. The summed E-state index contributed by atoms with van der Waals surface area (Å²) in [5.41, 5.74) is 0. The molecule has 0 aromatic carbocycles. The Hall–Kier alpha value is -1.24. The van der Waals surface area contributed by atoms with Crippen LogP contribution in [0, 0.1) is 0 Å². The highest BCUT2D eigenvalue weighted by Gasteiger charge is 2.13. The average Bonchev–Trinajstić information content (AvgIpc) is 2.95. The number of hydrogen-bond donors (Lipinski definition) is 4. The Morgan fingerprint density at radius 1 is 0.429 bits per heavy atom. The molecule has 0 atom stereocenters. The first-order chi connectivity index (χ1) is 20.1. The van der Waals surface area contributed by atoms with Gasteiger partial charge in [-0.1, -0.05) is 117 Å². The number of unbranched alkanes of at least 4 members (excludes halogenated alkanes) is 17. The van der Waals surface area contributed by atoms with E-state index in [-0.39, 0.29) is 36.4 Å². The van der Waals surface area contributed by atoms with Gasteiger partial charge in [0.05, 0.1) is 24.6 Å². The minimum atomic E-state index is -3.40. The molecule has 0 rings (SSSR count). The van der Waals surface area contributed by atoms with Crippen LogP contribution in [0.1, 0.15) is 142 Å². The highest BCUT2D eigenvalue weighted by Crippen LogP contribution is 2.09. The fraction of sp³-hybridized carbons (Fsp3) is 0.933. The molecule has 0 heterocycles. The van der Waals surface area contributed by atoms with Gasteiger partial charge in [0.2, 0.25) is 31.9 Å². The Balaban J connectivity index is 3.56. The van der Waals surface area contributed by atoms with Crippen molar-refractivity contribution in [2.45, 2.75) is 142 Å². The Kier molecular flexibility index (Phi) is 26.5. The van der Waals surface area contributed by atoms with Crippen LogP contribution in [0.4, 0.5) is 0 Å². The Morgan fingerprint density at radius 3 is 1.05 bits per heavy atom. The summed E-state index contributed by atoms with van der Waals surface area (Å²) >= 11 is 0. The number of carbonyl (C=O) groups excluding carboxylic acids is 2. The summed E-state index contributed by atoms with van der Waals surface area (Å²) in [4.78, 5) is 23.8. The molecule has 0 bridgehead atoms. The maximum Gasteiger partial charge on any atom is 0.235 e. The first-order valence-corrected chi connectivity index (χ1v) is 19.9. The third-order valence-electron chi connectivity index (χ3n) is 7.19. The number of amides is 2. The number of carbonyl (C=O) groups is 2. The summed E-state index contributed by atoms with van der Waals surface area (Å²) in [7, 11) is -6.80. The van der Waals surface area contributed by atoms with Crippen molar-refractivity contribution in [3.8, 4) is 0 Å². The van der Waals surface area contributed by atoms with Crippen LogP contribution in [-0.2, 0) is 29.6 Å². The third kappa shape index (κ3) is 28.9. The maximum atomic E-state index is 12.0. The molecule has 250 valence electrons. The summed E-state index contributed by atoms with van der Waals surface area (Å²) in [6.07, 6.45) is 20.3. The lowest BCUT2D eigenvalue weighted by Crippen LogP contribution is -2.38. The predicted molar refractivity (Wildman–Crippen MR) is 173 cm³/mol. The van der Waals surface area contributed by atoms with Crippen LogP contribution in [-0.4, -0.2) is 66.3 Å². The van der Waals surface area contributed by atoms with Crippen LogP contribution in [0.5, 0.6) is 0 Å². The van der Waals surface area contributed by atoms with E-state index >= 15 is 0 Å². The van der Waals surface area contributed by atoms with Gasteiger partial charge in [-0.05, 0) is 25.7 Å². The lowest BCUT2D eigenvalue weighted by molar-refractivity contribution is -0.120.